The maximum atomic E-state index is 13.6. The zero-order valence-electron chi connectivity index (χ0n) is 11.5. The van der Waals surface area contributed by atoms with E-state index in [4.69, 9.17) is 0 Å². The van der Waals surface area contributed by atoms with Crippen LogP contribution in [0.25, 0.3) is 11.4 Å². The number of nitrogens with zero attached hydrogens (tertiary/aromatic N) is 2. The highest BCUT2D eigenvalue weighted by atomic mass is 79.9. The average Bonchev–Trinajstić information content (AvgIpc) is 2.95. The van der Waals surface area contributed by atoms with Crippen molar-refractivity contribution >= 4 is 27.8 Å². The van der Waals surface area contributed by atoms with Crippen molar-refractivity contribution in [3.05, 3.63) is 64.1 Å². The summed E-state index contributed by atoms with van der Waals surface area (Å²) in [5, 5.41) is 8.90. The van der Waals surface area contributed by atoms with E-state index in [2.05, 4.69) is 36.4 Å². The van der Waals surface area contributed by atoms with E-state index in [1.807, 2.05) is 24.3 Å². The Labute approximate surface area is 137 Å². The van der Waals surface area contributed by atoms with E-state index in [9.17, 15) is 13.6 Å². The number of halogens is 3. The minimum Gasteiger partial charge on any atom is -0.289 e. The fourth-order valence-electron chi connectivity index (χ4n) is 1.93. The number of hydrogen-bond donors (Lipinski definition) is 2. The summed E-state index contributed by atoms with van der Waals surface area (Å²) in [5.74, 6) is -2.05. The lowest BCUT2D eigenvalue weighted by atomic mass is 10.2. The molecule has 23 heavy (non-hydrogen) atoms. The van der Waals surface area contributed by atoms with Crippen molar-refractivity contribution in [3.8, 4) is 11.4 Å². The van der Waals surface area contributed by atoms with Crippen molar-refractivity contribution in [2.45, 2.75) is 0 Å². The lowest BCUT2D eigenvalue weighted by Gasteiger charge is -2.02. The van der Waals surface area contributed by atoms with Crippen LogP contribution in [0.3, 0.4) is 0 Å². The fourth-order valence-corrected chi connectivity index (χ4v) is 2.41. The van der Waals surface area contributed by atoms with Gasteiger partial charge in [-0.15, -0.1) is 5.10 Å². The summed E-state index contributed by atoms with van der Waals surface area (Å²) in [7, 11) is 0. The molecule has 0 aliphatic heterocycles. The molecule has 1 amide bonds. The Balaban J connectivity index is 1.82. The Morgan fingerprint density at radius 2 is 1.96 bits per heavy atom. The minimum atomic E-state index is -0.955. The van der Waals surface area contributed by atoms with Gasteiger partial charge in [0, 0.05) is 16.1 Å². The lowest BCUT2D eigenvalue weighted by Crippen LogP contribution is -2.14. The number of amides is 1. The van der Waals surface area contributed by atoms with Gasteiger partial charge in [-0.05, 0) is 18.2 Å². The van der Waals surface area contributed by atoms with Gasteiger partial charge in [0.15, 0.2) is 5.82 Å². The number of aromatic nitrogens is 3. The van der Waals surface area contributed by atoms with Crippen molar-refractivity contribution in [3.63, 3.8) is 0 Å². The molecule has 0 saturated carbocycles. The number of benzene rings is 2. The van der Waals surface area contributed by atoms with Gasteiger partial charge in [0.05, 0.1) is 5.56 Å². The molecule has 3 aromatic rings. The predicted octanol–water partition coefficient (Wildman–Crippen LogP) is 3.76. The minimum absolute atomic E-state index is 0.00974. The topological polar surface area (TPSA) is 70.7 Å². The van der Waals surface area contributed by atoms with Crippen LogP contribution in [-0.2, 0) is 0 Å². The molecule has 8 heteroatoms. The maximum Gasteiger partial charge on any atom is 0.261 e. The van der Waals surface area contributed by atoms with Crippen LogP contribution >= 0.6 is 15.9 Å². The van der Waals surface area contributed by atoms with Gasteiger partial charge in [0.25, 0.3) is 5.91 Å². The smallest absolute Gasteiger partial charge is 0.261 e. The summed E-state index contributed by atoms with van der Waals surface area (Å²) in [6, 6.07) is 10.0. The molecule has 0 atom stereocenters. The highest BCUT2D eigenvalue weighted by molar-refractivity contribution is 9.10. The molecule has 0 aliphatic carbocycles. The normalized spacial score (nSPS) is 10.6. The van der Waals surface area contributed by atoms with E-state index in [1.54, 1.807) is 0 Å². The molecular weight excluding hydrogens is 370 g/mol. The molecule has 116 valence electrons. The molecule has 0 fully saturated rings. The van der Waals surface area contributed by atoms with Crippen LogP contribution in [0.15, 0.2) is 46.9 Å². The van der Waals surface area contributed by atoms with E-state index in [0.717, 1.165) is 22.2 Å². The average molecular weight is 379 g/mol. The van der Waals surface area contributed by atoms with Crippen LogP contribution in [0.5, 0.6) is 0 Å². The first-order chi connectivity index (χ1) is 11.0. The van der Waals surface area contributed by atoms with Gasteiger partial charge in [0.1, 0.15) is 11.6 Å². The SMILES string of the molecule is O=C(Nc1n[nH]c(-c2ccccc2Br)n1)c1ccc(F)cc1F. The van der Waals surface area contributed by atoms with Crippen LogP contribution in [0.1, 0.15) is 10.4 Å². The van der Waals surface area contributed by atoms with Crippen molar-refractivity contribution in [1.82, 2.24) is 15.2 Å². The van der Waals surface area contributed by atoms with Crippen LogP contribution in [0.2, 0.25) is 0 Å². The fraction of sp³-hybridized carbons (Fsp3) is 0. The second-order valence-corrected chi connectivity index (χ2v) is 5.42. The first-order valence-corrected chi connectivity index (χ1v) is 7.27. The van der Waals surface area contributed by atoms with Gasteiger partial charge in [-0.2, -0.15) is 4.98 Å². The molecule has 2 N–H and O–H groups in total. The Hall–Kier alpha value is -2.61. The van der Waals surface area contributed by atoms with Crippen LogP contribution in [-0.4, -0.2) is 21.1 Å². The maximum absolute atomic E-state index is 13.6. The molecule has 0 aliphatic rings. The van der Waals surface area contributed by atoms with Gasteiger partial charge in [0.2, 0.25) is 5.95 Å². The third kappa shape index (κ3) is 3.26. The largest absolute Gasteiger partial charge is 0.289 e. The van der Waals surface area contributed by atoms with Gasteiger partial charge < -0.3 is 0 Å². The van der Waals surface area contributed by atoms with E-state index in [-0.39, 0.29) is 11.5 Å². The van der Waals surface area contributed by atoms with E-state index >= 15 is 0 Å². The number of hydrogen-bond acceptors (Lipinski definition) is 3. The summed E-state index contributed by atoms with van der Waals surface area (Å²) in [6.45, 7) is 0. The van der Waals surface area contributed by atoms with Crippen molar-refractivity contribution in [1.29, 1.82) is 0 Å². The second kappa shape index (κ2) is 6.25. The highest BCUT2D eigenvalue weighted by Gasteiger charge is 2.15. The number of nitrogens with one attached hydrogen (secondary N) is 2. The Morgan fingerprint density at radius 1 is 1.17 bits per heavy atom. The molecule has 2 aromatic carbocycles. The number of aromatic amines is 1. The van der Waals surface area contributed by atoms with Crippen LogP contribution in [0.4, 0.5) is 14.7 Å². The molecule has 0 unspecified atom stereocenters. The Bertz CT molecular complexity index is 881. The molecule has 3 rings (SSSR count). The Kier molecular flexibility index (Phi) is 4.16. The molecular formula is C15H9BrF2N4O. The van der Waals surface area contributed by atoms with Crippen molar-refractivity contribution in [2.75, 3.05) is 5.32 Å². The van der Waals surface area contributed by atoms with Gasteiger partial charge in [-0.1, -0.05) is 34.1 Å². The number of anilines is 1. The van der Waals surface area contributed by atoms with E-state index in [1.165, 1.54) is 0 Å². The summed E-state index contributed by atoms with van der Waals surface area (Å²) in [5.41, 5.74) is 0.465. The predicted molar refractivity (Wildman–Crippen MR) is 83.8 cm³/mol. The Morgan fingerprint density at radius 3 is 2.70 bits per heavy atom. The van der Waals surface area contributed by atoms with Crippen molar-refractivity contribution < 1.29 is 13.6 Å². The highest BCUT2D eigenvalue weighted by Crippen LogP contribution is 2.25. The third-order valence-corrected chi connectivity index (χ3v) is 3.71. The third-order valence-electron chi connectivity index (χ3n) is 3.02. The molecule has 1 aromatic heterocycles. The van der Waals surface area contributed by atoms with E-state index in [0.29, 0.717) is 11.9 Å². The van der Waals surface area contributed by atoms with Crippen LogP contribution < -0.4 is 5.32 Å². The zero-order chi connectivity index (χ0) is 16.4. The first kappa shape index (κ1) is 15.3. The zero-order valence-corrected chi connectivity index (χ0v) is 13.1. The molecule has 0 bridgehead atoms. The van der Waals surface area contributed by atoms with E-state index < -0.39 is 17.5 Å². The molecule has 5 nitrogen and oxygen atoms in total. The lowest BCUT2D eigenvalue weighted by molar-refractivity contribution is 0.102. The number of carbonyl (C=O) groups excluding carboxylic acids is 1. The quantitative estimate of drug-likeness (QED) is 0.728. The molecule has 0 saturated heterocycles. The second-order valence-electron chi connectivity index (χ2n) is 4.57. The van der Waals surface area contributed by atoms with Crippen molar-refractivity contribution in [2.24, 2.45) is 0 Å². The summed E-state index contributed by atoms with van der Waals surface area (Å²) >= 11 is 3.39. The standard InChI is InChI=1S/C15H9BrF2N4O/c16-11-4-2-1-3-9(11)13-19-15(22-21-13)20-14(23)10-6-5-8(17)7-12(10)18/h1-7H,(H2,19,20,21,22,23). The summed E-state index contributed by atoms with van der Waals surface area (Å²) in [6.07, 6.45) is 0. The summed E-state index contributed by atoms with van der Waals surface area (Å²) < 4.78 is 27.2. The van der Waals surface area contributed by atoms with Gasteiger partial charge >= 0.3 is 0 Å². The van der Waals surface area contributed by atoms with Crippen LogP contribution in [0, 0.1) is 11.6 Å². The number of H-pyrrole nitrogens is 1. The molecule has 1 heterocycles. The summed E-state index contributed by atoms with van der Waals surface area (Å²) in [4.78, 5) is 16.1. The number of carbonyl (C=O) groups is 1. The van der Waals surface area contributed by atoms with Gasteiger partial charge in [-0.3, -0.25) is 15.2 Å². The molecule has 0 radical (unpaired) electrons. The number of rotatable bonds is 3. The molecule has 0 spiro atoms. The monoisotopic (exact) mass is 378 g/mol. The first-order valence-electron chi connectivity index (χ1n) is 6.48. The van der Waals surface area contributed by atoms with Gasteiger partial charge in [-0.25, -0.2) is 8.78 Å².